The van der Waals surface area contributed by atoms with Crippen LogP contribution in [0.1, 0.15) is 37.8 Å². The Hall–Kier alpha value is -4.57. The monoisotopic (exact) mass is 554 g/mol. The van der Waals surface area contributed by atoms with E-state index in [0.717, 1.165) is 41.2 Å². The summed E-state index contributed by atoms with van der Waals surface area (Å²) in [4.78, 5) is 6.85. The van der Waals surface area contributed by atoms with Crippen molar-refractivity contribution in [2.75, 3.05) is 19.0 Å². The van der Waals surface area contributed by atoms with Crippen molar-refractivity contribution in [2.45, 2.75) is 37.5 Å². The summed E-state index contributed by atoms with van der Waals surface area (Å²) in [5.74, 6) is -0.213. The molecule has 3 aliphatic heterocycles. The van der Waals surface area contributed by atoms with Crippen LogP contribution in [-0.4, -0.2) is 30.6 Å². The molecule has 0 radical (unpaired) electrons. The summed E-state index contributed by atoms with van der Waals surface area (Å²) in [5, 5.41) is 2.46. The molecule has 0 bridgehead atoms. The average molecular weight is 555 g/mol. The molecule has 3 aromatic rings. The van der Waals surface area contributed by atoms with Crippen LogP contribution in [0.25, 0.3) is 10.8 Å². The summed E-state index contributed by atoms with van der Waals surface area (Å²) in [6, 6.07) is 18.1. The molecule has 3 nitrogen and oxygen atoms in total. The van der Waals surface area contributed by atoms with Crippen LogP contribution in [0.3, 0.4) is 0 Å². The van der Waals surface area contributed by atoms with Gasteiger partial charge in [0.2, 0.25) is 5.69 Å². The van der Waals surface area contributed by atoms with Crippen LogP contribution in [0.2, 0.25) is 0 Å². The van der Waals surface area contributed by atoms with Gasteiger partial charge in [0.25, 0.3) is 0 Å². The van der Waals surface area contributed by atoms with Gasteiger partial charge in [0, 0.05) is 66.5 Å². The van der Waals surface area contributed by atoms with Crippen molar-refractivity contribution in [3.05, 3.63) is 144 Å². The van der Waals surface area contributed by atoms with Crippen molar-refractivity contribution in [3.8, 4) is 0 Å². The summed E-state index contributed by atoms with van der Waals surface area (Å²) in [6.45, 7) is 8.56. The molecule has 0 fully saturated rings. The standard InChI is InChI=1S/C38H37FN3/c1-6-23-38(7-2)35(42(5)33-21-19-27-14-11-12-16-30(27)36(33)38)18-10-8-9-17-34-37(3,26-29-15-13-24-40-29)31-25-28(39)20-22-32(31)41(34)4/h6-12,14-25H,2,13,26H2,1,3-5H3/q+1/b23-6+. The SMILES string of the molecule is C=CC1(/C=C/C)\C(=C/C=C/C=C/C2=[N+](C)c3ccc(F)cc3C2(C)CC2=CCC=N2)N(C)c2ccc3ccccc3c21. The fourth-order valence-corrected chi connectivity index (χ4v) is 7.08. The summed E-state index contributed by atoms with van der Waals surface area (Å²) in [6.07, 6.45) is 22.7. The molecule has 6 rings (SSSR count). The maximum absolute atomic E-state index is 14.4. The third-order valence-corrected chi connectivity index (χ3v) is 9.04. The second kappa shape index (κ2) is 10.7. The fourth-order valence-electron chi connectivity index (χ4n) is 7.08. The number of fused-ring (bicyclic) bond motifs is 4. The number of nitrogens with zero attached hydrogens (tertiary/aromatic N) is 3. The zero-order chi connectivity index (χ0) is 29.5. The van der Waals surface area contributed by atoms with Gasteiger partial charge in [-0.1, -0.05) is 72.9 Å². The Balaban J connectivity index is 1.36. The molecule has 2 atom stereocenters. The van der Waals surface area contributed by atoms with Gasteiger partial charge in [0.05, 0.1) is 10.8 Å². The zero-order valence-electron chi connectivity index (χ0n) is 24.8. The Bertz CT molecular complexity index is 1810. The van der Waals surface area contributed by atoms with E-state index >= 15 is 0 Å². The van der Waals surface area contributed by atoms with E-state index in [-0.39, 0.29) is 11.2 Å². The maximum atomic E-state index is 14.4. The van der Waals surface area contributed by atoms with Gasteiger partial charge in [-0.2, -0.15) is 4.58 Å². The average Bonchev–Trinajstić information content (AvgIpc) is 3.64. The largest absolute Gasteiger partial charge is 0.346 e. The molecule has 0 saturated carbocycles. The topological polar surface area (TPSA) is 18.6 Å². The second-order valence-electron chi connectivity index (χ2n) is 11.5. The normalized spacial score (nSPS) is 24.3. The molecule has 0 saturated heterocycles. The van der Waals surface area contributed by atoms with Crippen molar-refractivity contribution in [2.24, 2.45) is 4.99 Å². The van der Waals surface area contributed by atoms with E-state index in [1.807, 2.05) is 12.3 Å². The Morgan fingerprint density at radius 1 is 1.10 bits per heavy atom. The Labute approximate surface area is 248 Å². The van der Waals surface area contributed by atoms with Crippen molar-refractivity contribution in [1.82, 2.24) is 0 Å². The summed E-state index contributed by atoms with van der Waals surface area (Å²) in [5.41, 5.74) is 6.98. The minimum absolute atomic E-state index is 0.213. The van der Waals surface area contributed by atoms with Gasteiger partial charge < -0.3 is 4.90 Å². The van der Waals surface area contributed by atoms with Gasteiger partial charge >= 0.3 is 0 Å². The van der Waals surface area contributed by atoms with Crippen molar-refractivity contribution >= 4 is 34.1 Å². The molecule has 3 heterocycles. The first-order valence-electron chi connectivity index (χ1n) is 14.6. The number of halogens is 1. The van der Waals surface area contributed by atoms with Crippen LogP contribution in [0, 0.1) is 5.82 Å². The third-order valence-electron chi connectivity index (χ3n) is 9.04. The molecule has 0 N–H and O–H groups in total. The number of rotatable bonds is 7. The minimum atomic E-state index is -0.437. The number of hydrogen-bond donors (Lipinski definition) is 0. The summed E-state index contributed by atoms with van der Waals surface area (Å²) >= 11 is 0. The van der Waals surface area contributed by atoms with Crippen LogP contribution < -0.4 is 4.90 Å². The number of anilines is 1. The molecule has 0 spiro atoms. The Morgan fingerprint density at radius 3 is 2.69 bits per heavy atom. The molecule has 42 heavy (non-hydrogen) atoms. The molecule has 0 amide bonds. The van der Waals surface area contributed by atoms with Crippen LogP contribution >= 0.6 is 0 Å². The van der Waals surface area contributed by atoms with Crippen molar-refractivity contribution < 1.29 is 8.97 Å². The smallest absolute Gasteiger partial charge is 0.209 e. The lowest BCUT2D eigenvalue weighted by Gasteiger charge is -2.26. The third kappa shape index (κ3) is 4.25. The van der Waals surface area contributed by atoms with Crippen molar-refractivity contribution in [1.29, 1.82) is 0 Å². The van der Waals surface area contributed by atoms with Gasteiger partial charge in [0.15, 0.2) is 5.71 Å². The molecular formula is C38H37FN3+. The van der Waals surface area contributed by atoms with Gasteiger partial charge in [-0.3, -0.25) is 4.99 Å². The lowest BCUT2D eigenvalue weighted by molar-refractivity contribution is -0.401. The highest BCUT2D eigenvalue weighted by molar-refractivity contribution is 6.04. The zero-order valence-corrected chi connectivity index (χ0v) is 24.8. The number of likely N-dealkylation sites (N-methyl/N-ethyl adjacent to an activating group) is 1. The number of benzene rings is 3. The number of hydrogen-bond acceptors (Lipinski definition) is 2. The highest BCUT2D eigenvalue weighted by Gasteiger charge is 2.47. The first-order chi connectivity index (χ1) is 20.3. The summed E-state index contributed by atoms with van der Waals surface area (Å²) in [7, 11) is 4.19. The van der Waals surface area contributed by atoms with Crippen LogP contribution in [0.15, 0.2) is 132 Å². The van der Waals surface area contributed by atoms with E-state index in [2.05, 4.69) is 140 Å². The maximum Gasteiger partial charge on any atom is 0.209 e. The molecule has 2 unspecified atom stereocenters. The fraction of sp³-hybridized carbons (Fsp3) is 0.211. The van der Waals surface area contributed by atoms with Crippen LogP contribution in [0.5, 0.6) is 0 Å². The van der Waals surface area contributed by atoms with Gasteiger partial charge in [-0.25, -0.2) is 4.39 Å². The lowest BCUT2D eigenvalue weighted by atomic mass is 9.75. The van der Waals surface area contributed by atoms with E-state index in [9.17, 15) is 4.39 Å². The molecule has 210 valence electrons. The first kappa shape index (κ1) is 27.6. The van der Waals surface area contributed by atoms with Crippen LogP contribution in [-0.2, 0) is 10.8 Å². The number of allylic oxidation sites excluding steroid dienone is 9. The molecule has 0 aromatic heterocycles. The Kier molecular flexibility index (Phi) is 7.02. The Morgan fingerprint density at radius 2 is 1.93 bits per heavy atom. The van der Waals surface area contributed by atoms with E-state index < -0.39 is 5.41 Å². The van der Waals surface area contributed by atoms with Gasteiger partial charge in [-0.05, 0) is 48.9 Å². The van der Waals surface area contributed by atoms with Gasteiger partial charge in [0.1, 0.15) is 12.9 Å². The molecular weight excluding hydrogens is 517 g/mol. The molecule has 0 aliphatic carbocycles. The molecule has 3 aromatic carbocycles. The predicted octanol–water partition coefficient (Wildman–Crippen LogP) is 8.86. The lowest BCUT2D eigenvalue weighted by Crippen LogP contribution is -2.31. The van der Waals surface area contributed by atoms with E-state index in [1.54, 1.807) is 6.07 Å². The first-order valence-corrected chi connectivity index (χ1v) is 14.6. The van der Waals surface area contributed by atoms with Gasteiger partial charge in [-0.15, -0.1) is 6.58 Å². The number of aliphatic imine (C=N–C) groups is 1. The molecule has 4 heteroatoms. The van der Waals surface area contributed by atoms with E-state index in [0.29, 0.717) is 0 Å². The highest BCUT2D eigenvalue weighted by Crippen LogP contribution is 2.52. The summed E-state index contributed by atoms with van der Waals surface area (Å²) < 4.78 is 16.6. The van der Waals surface area contributed by atoms with E-state index in [1.165, 1.54) is 28.1 Å². The van der Waals surface area contributed by atoms with Crippen LogP contribution in [0.4, 0.5) is 15.8 Å². The minimum Gasteiger partial charge on any atom is -0.346 e. The quantitative estimate of drug-likeness (QED) is 0.162. The second-order valence-corrected chi connectivity index (χ2v) is 11.5. The van der Waals surface area contributed by atoms with E-state index in [4.69, 9.17) is 0 Å². The highest BCUT2D eigenvalue weighted by atomic mass is 19.1. The predicted molar refractivity (Wildman–Crippen MR) is 176 cm³/mol. The molecule has 3 aliphatic rings. The van der Waals surface area contributed by atoms with Crippen molar-refractivity contribution in [3.63, 3.8) is 0 Å².